The van der Waals surface area contributed by atoms with E-state index >= 15 is 0 Å². The van der Waals surface area contributed by atoms with E-state index in [1.165, 1.54) is 38.5 Å². The van der Waals surface area contributed by atoms with Gasteiger partial charge in [-0.15, -0.1) is 0 Å². The van der Waals surface area contributed by atoms with Gasteiger partial charge in [-0.1, -0.05) is 82.2 Å². The molecule has 0 unspecified atom stereocenters. The summed E-state index contributed by atoms with van der Waals surface area (Å²) in [5, 5.41) is 13.4. The van der Waals surface area contributed by atoms with Crippen LogP contribution >= 0.6 is 0 Å². The molecule has 1 heterocycles. The predicted octanol–water partition coefficient (Wildman–Crippen LogP) is 6.39. The Labute approximate surface area is 196 Å². The number of carbonyl (C=O) groups is 1. The molecular formula is C27H35N3O3. The van der Waals surface area contributed by atoms with Crippen LogP contribution in [0.15, 0.2) is 60.7 Å². The molecule has 0 aliphatic heterocycles. The van der Waals surface area contributed by atoms with Gasteiger partial charge in [0.15, 0.2) is 5.69 Å². The van der Waals surface area contributed by atoms with Crippen LogP contribution < -0.4 is 10.2 Å². The molecule has 1 aromatic heterocycles. The van der Waals surface area contributed by atoms with Gasteiger partial charge < -0.3 is 4.74 Å². The van der Waals surface area contributed by atoms with Crippen molar-refractivity contribution in [2.75, 3.05) is 0 Å². The number of ether oxygens (including phenoxy) is 1. The topological polar surface area (TPSA) is 76.4 Å². The highest BCUT2D eigenvalue weighted by Crippen LogP contribution is 2.25. The molecule has 6 heteroatoms. The number of unbranched alkanes of at least 4 members (excludes halogenated alkanes) is 7. The predicted molar refractivity (Wildman–Crippen MR) is 130 cm³/mol. The quantitative estimate of drug-likeness (QED) is 0.170. The van der Waals surface area contributed by atoms with Gasteiger partial charge >= 0.3 is 0 Å². The number of aryl methyl sites for hydroxylation is 1. The normalized spacial score (nSPS) is 10.8. The van der Waals surface area contributed by atoms with Gasteiger partial charge in [0.1, 0.15) is 12.4 Å². The fourth-order valence-electron chi connectivity index (χ4n) is 3.85. The smallest absolute Gasteiger partial charge is 0.295 e. The number of amides is 1. The van der Waals surface area contributed by atoms with Gasteiger partial charge in [-0.2, -0.15) is 5.10 Å². The molecule has 0 aliphatic carbocycles. The molecule has 0 saturated carbocycles. The molecule has 0 atom stereocenters. The highest BCUT2D eigenvalue weighted by molar-refractivity contribution is 5.92. The molecule has 6 nitrogen and oxygen atoms in total. The molecule has 3 rings (SSSR count). The maximum Gasteiger partial charge on any atom is 0.295 e. The second kappa shape index (κ2) is 13.4. The number of aromatic nitrogens is 2. The van der Waals surface area contributed by atoms with Crippen molar-refractivity contribution in [3.8, 4) is 17.0 Å². The summed E-state index contributed by atoms with van der Waals surface area (Å²) in [4.78, 5) is 11.9. The molecule has 1 amide bonds. The first-order valence-corrected chi connectivity index (χ1v) is 12.0. The average molecular weight is 450 g/mol. The van der Waals surface area contributed by atoms with E-state index in [-0.39, 0.29) is 5.69 Å². The van der Waals surface area contributed by atoms with Crippen LogP contribution in [0.5, 0.6) is 5.75 Å². The molecule has 0 aliphatic rings. The third-order valence-corrected chi connectivity index (χ3v) is 5.74. The summed E-state index contributed by atoms with van der Waals surface area (Å²) < 4.78 is 7.74. The van der Waals surface area contributed by atoms with Crippen LogP contribution in [0.2, 0.25) is 0 Å². The van der Waals surface area contributed by atoms with Gasteiger partial charge in [0, 0.05) is 12.1 Å². The standard InChI is InChI=1S/C27H35N3O3/c1-2-3-4-5-6-7-8-12-19-30-26(20-25(28-30)27(31)29-32)23-15-17-24(18-16-23)33-21-22-13-10-9-11-14-22/h9-11,13-18,20,32H,2-8,12,19,21H2,1H3,(H,29,31). The first kappa shape index (κ1) is 24.5. The number of hydrogen-bond donors (Lipinski definition) is 2. The summed E-state index contributed by atoms with van der Waals surface area (Å²) >= 11 is 0. The van der Waals surface area contributed by atoms with Crippen molar-refractivity contribution in [2.24, 2.45) is 0 Å². The van der Waals surface area contributed by atoms with E-state index in [0.29, 0.717) is 6.61 Å². The van der Waals surface area contributed by atoms with E-state index < -0.39 is 5.91 Å². The van der Waals surface area contributed by atoms with Gasteiger partial charge in [0.2, 0.25) is 0 Å². The maximum atomic E-state index is 11.9. The average Bonchev–Trinajstić information content (AvgIpc) is 3.29. The van der Waals surface area contributed by atoms with E-state index in [1.807, 2.05) is 59.3 Å². The van der Waals surface area contributed by atoms with Crippen LogP contribution in [0, 0.1) is 0 Å². The monoisotopic (exact) mass is 449 g/mol. The largest absolute Gasteiger partial charge is 0.489 e. The number of carbonyl (C=O) groups excluding carboxylic acids is 1. The van der Waals surface area contributed by atoms with Crippen LogP contribution in [0.1, 0.15) is 74.3 Å². The molecule has 2 N–H and O–H groups in total. The first-order chi connectivity index (χ1) is 16.2. The summed E-state index contributed by atoms with van der Waals surface area (Å²) in [5.74, 6) is 0.179. The number of nitrogens with one attached hydrogen (secondary N) is 1. The van der Waals surface area contributed by atoms with E-state index in [9.17, 15) is 4.79 Å². The third kappa shape index (κ3) is 7.75. The third-order valence-electron chi connectivity index (χ3n) is 5.74. The Hall–Kier alpha value is -3.12. The van der Waals surface area contributed by atoms with Gasteiger partial charge in [0.05, 0.1) is 5.69 Å². The van der Waals surface area contributed by atoms with E-state index in [4.69, 9.17) is 9.94 Å². The molecule has 0 fully saturated rings. The maximum absolute atomic E-state index is 11.9. The zero-order chi connectivity index (χ0) is 23.3. The van der Waals surface area contributed by atoms with Gasteiger partial charge in [-0.05, 0) is 42.3 Å². The van der Waals surface area contributed by atoms with Gasteiger partial charge in [-0.3, -0.25) is 14.7 Å². The minimum Gasteiger partial charge on any atom is -0.489 e. The Morgan fingerprint density at radius 1 is 0.939 bits per heavy atom. The Kier molecular flexibility index (Phi) is 9.98. The lowest BCUT2D eigenvalue weighted by molar-refractivity contribution is 0.0699. The summed E-state index contributed by atoms with van der Waals surface area (Å²) in [6, 6.07) is 19.6. The molecule has 0 saturated heterocycles. The van der Waals surface area contributed by atoms with Crippen molar-refractivity contribution in [3.63, 3.8) is 0 Å². The van der Waals surface area contributed by atoms with Crippen molar-refractivity contribution in [2.45, 2.75) is 71.4 Å². The van der Waals surface area contributed by atoms with Crippen LogP contribution in [0.4, 0.5) is 0 Å². The Balaban J connectivity index is 1.60. The van der Waals surface area contributed by atoms with Gasteiger partial charge in [-0.25, -0.2) is 5.48 Å². The fraction of sp³-hybridized carbons (Fsp3) is 0.407. The lowest BCUT2D eigenvalue weighted by Crippen LogP contribution is -2.19. The minimum atomic E-state index is -0.603. The Morgan fingerprint density at radius 3 is 2.27 bits per heavy atom. The van der Waals surface area contributed by atoms with Crippen molar-refractivity contribution >= 4 is 5.91 Å². The van der Waals surface area contributed by atoms with Crippen LogP contribution in [-0.4, -0.2) is 20.9 Å². The Bertz CT molecular complexity index is 968. The van der Waals surface area contributed by atoms with Crippen LogP contribution in [-0.2, 0) is 13.2 Å². The molecule has 176 valence electrons. The molecule has 3 aromatic rings. The fourth-order valence-corrected chi connectivity index (χ4v) is 3.85. The lowest BCUT2D eigenvalue weighted by Gasteiger charge is -2.10. The van der Waals surface area contributed by atoms with Crippen LogP contribution in [0.3, 0.4) is 0 Å². The van der Waals surface area contributed by atoms with E-state index in [1.54, 1.807) is 11.5 Å². The number of nitrogens with zero attached hydrogens (tertiary/aromatic N) is 2. The van der Waals surface area contributed by atoms with Crippen molar-refractivity contribution in [3.05, 3.63) is 71.9 Å². The number of hydrogen-bond acceptors (Lipinski definition) is 4. The number of benzene rings is 2. The summed E-state index contributed by atoms with van der Waals surface area (Å²) in [6.07, 6.45) is 9.85. The van der Waals surface area contributed by atoms with Crippen molar-refractivity contribution < 1.29 is 14.7 Å². The molecule has 0 bridgehead atoms. The van der Waals surface area contributed by atoms with E-state index in [0.717, 1.165) is 42.0 Å². The second-order valence-corrected chi connectivity index (χ2v) is 8.35. The van der Waals surface area contributed by atoms with E-state index in [2.05, 4.69) is 12.0 Å². The number of rotatable bonds is 14. The van der Waals surface area contributed by atoms with Gasteiger partial charge in [0.25, 0.3) is 5.91 Å². The zero-order valence-electron chi connectivity index (χ0n) is 19.5. The Morgan fingerprint density at radius 2 is 1.61 bits per heavy atom. The SMILES string of the molecule is CCCCCCCCCCn1nc(C(=O)NO)cc1-c1ccc(OCc2ccccc2)cc1. The van der Waals surface area contributed by atoms with Crippen LogP contribution in [0.25, 0.3) is 11.3 Å². The summed E-state index contributed by atoms with van der Waals surface area (Å²) in [7, 11) is 0. The molecule has 33 heavy (non-hydrogen) atoms. The minimum absolute atomic E-state index is 0.205. The highest BCUT2D eigenvalue weighted by atomic mass is 16.5. The first-order valence-electron chi connectivity index (χ1n) is 12.0. The summed E-state index contributed by atoms with van der Waals surface area (Å²) in [6.45, 7) is 3.48. The molecular weight excluding hydrogens is 414 g/mol. The number of hydroxylamine groups is 1. The molecule has 0 spiro atoms. The van der Waals surface area contributed by atoms with Crippen molar-refractivity contribution in [1.29, 1.82) is 0 Å². The highest BCUT2D eigenvalue weighted by Gasteiger charge is 2.15. The second-order valence-electron chi connectivity index (χ2n) is 8.35. The summed E-state index contributed by atoms with van der Waals surface area (Å²) in [5.41, 5.74) is 4.80. The zero-order valence-corrected chi connectivity index (χ0v) is 19.5. The molecule has 2 aromatic carbocycles. The lowest BCUT2D eigenvalue weighted by atomic mass is 10.1. The van der Waals surface area contributed by atoms with Crippen molar-refractivity contribution in [1.82, 2.24) is 15.3 Å². The molecule has 0 radical (unpaired) electrons.